The fourth-order valence-corrected chi connectivity index (χ4v) is 2.43. The molecule has 0 radical (unpaired) electrons. The molecule has 0 amide bonds. The van der Waals surface area contributed by atoms with Crippen LogP contribution in [0.3, 0.4) is 0 Å². The summed E-state index contributed by atoms with van der Waals surface area (Å²) >= 11 is 2.05. The van der Waals surface area contributed by atoms with Crippen LogP contribution < -0.4 is 0 Å². The smallest absolute Gasteiger partial charge is 0.416 e. The van der Waals surface area contributed by atoms with Crippen LogP contribution >= 0.6 is 22.6 Å². The fourth-order valence-electron chi connectivity index (χ4n) is 2.07. The molecule has 1 N–H and O–H groups in total. The standard InChI is InChI=1S/C16H9F3INO4/c17-16(18,19)10-3-6-12(14(8-10)21(24)25)13(15(22)23)7-9-1-4-11(20)5-2-9/h1-8H,(H,22,23)/b13-7-. The Morgan fingerprint density at radius 1 is 1.16 bits per heavy atom. The van der Waals surface area contributed by atoms with E-state index in [1.54, 1.807) is 24.3 Å². The van der Waals surface area contributed by atoms with Crippen LogP contribution in [-0.2, 0) is 11.0 Å². The Balaban J connectivity index is 2.64. The molecular weight excluding hydrogens is 454 g/mol. The zero-order valence-corrected chi connectivity index (χ0v) is 14.4. The maximum atomic E-state index is 12.8. The average Bonchev–Trinajstić information content (AvgIpc) is 2.52. The van der Waals surface area contributed by atoms with E-state index in [0.717, 1.165) is 9.64 Å². The highest BCUT2D eigenvalue weighted by atomic mass is 127. The van der Waals surface area contributed by atoms with E-state index in [0.29, 0.717) is 17.7 Å². The molecule has 0 aliphatic carbocycles. The normalized spacial score (nSPS) is 12.1. The third kappa shape index (κ3) is 4.56. The summed E-state index contributed by atoms with van der Waals surface area (Å²) in [6.07, 6.45) is -3.60. The highest BCUT2D eigenvalue weighted by Crippen LogP contribution is 2.35. The van der Waals surface area contributed by atoms with Gasteiger partial charge in [0.2, 0.25) is 0 Å². The van der Waals surface area contributed by atoms with Crippen LogP contribution in [0.1, 0.15) is 16.7 Å². The van der Waals surface area contributed by atoms with Gasteiger partial charge in [0.1, 0.15) is 0 Å². The summed E-state index contributed by atoms with van der Waals surface area (Å²) in [6, 6.07) is 8.35. The van der Waals surface area contributed by atoms with Gasteiger partial charge in [0.25, 0.3) is 5.69 Å². The van der Waals surface area contributed by atoms with E-state index < -0.39 is 39.5 Å². The van der Waals surface area contributed by atoms with Gasteiger partial charge >= 0.3 is 12.1 Å². The number of carboxylic acids is 1. The first-order chi connectivity index (χ1) is 11.6. The van der Waals surface area contributed by atoms with Gasteiger partial charge in [-0.3, -0.25) is 10.1 Å². The van der Waals surface area contributed by atoms with Crippen molar-refractivity contribution in [3.8, 4) is 0 Å². The number of carboxylic acid groups (broad SMARTS) is 1. The Bertz CT molecular complexity index is 861. The SMILES string of the molecule is O=C(O)/C(=C\c1ccc(I)cc1)c1ccc(C(F)(F)F)cc1[N+](=O)[O-]. The minimum Gasteiger partial charge on any atom is -0.478 e. The Morgan fingerprint density at radius 2 is 1.76 bits per heavy atom. The van der Waals surface area contributed by atoms with Crippen molar-refractivity contribution >= 4 is 45.9 Å². The predicted molar refractivity (Wildman–Crippen MR) is 92.8 cm³/mol. The number of hydrogen-bond donors (Lipinski definition) is 1. The molecule has 0 aromatic heterocycles. The van der Waals surface area contributed by atoms with E-state index in [-0.39, 0.29) is 0 Å². The number of benzene rings is 2. The molecule has 0 spiro atoms. The van der Waals surface area contributed by atoms with Gasteiger partial charge in [-0.1, -0.05) is 12.1 Å². The molecule has 0 atom stereocenters. The van der Waals surface area contributed by atoms with Crippen molar-refractivity contribution in [2.45, 2.75) is 6.18 Å². The van der Waals surface area contributed by atoms with Gasteiger partial charge in [-0.05, 0) is 58.5 Å². The molecule has 0 aliphatic heterocycles. The predicted octanol–water partition coefficient (Wildman–Crippen LogP) is 4.84. The van der Waals surface area contributed by atoms with Gasteiger partial charge in [-0.2, -0.15) is 13.2 Å². The number of halogens is 4. The van der Waals surface area contributed by atoms with Crippen LogP contribution in [0.2, 0.25) is 0 Å². The summed E-state index contributed by atoms with van der Waals surface area (Å²) in [5.74, 6) is -1.48. The van der Waals surface area contributed by atoms with Crippen LogP contribution in [0.15, 0.2) is 42.5 Å². The lowest BCUT2D eigenvalue weighted by Gasteiger charge is -2.09. The molecule has 2 aromatic carbocycles. The Hall–Kier alpha value is -2.43. The summed E-state index contributed by atoms with van der Waals surface area (Å²) in [7, 11) is 0. The first-order valence-corrected chi connectivity index (χ1v) is 7.74. The summed E-state index contributed by atoms with van der Waals surface area (Å²) < 4.78 is 39.2. The maximum absolute atomic E-state index is 12.8. The average molecular weight is 463 g/mol. The first kappa shape index (κ1) is 18.9. The number of nitro groups is 1. The molecule has 0 saturated heterocycles. The monoisotopic (exact) mass is 463 g/mol. The van der Waals surface area contributed by atoms with E-state index in [4.69, 9.17) is 0 Å². The lowest BCUT2D eigenvalue weighted by molar-refractivity contribution is -0.385. The van der Waals surface area contributed by atoms with Crippen molar-refractivity contribution in [2.75, 3.05) is 0 Å². The van der Waals surface area contributed by atoms with Crippen molar-refractivity contribution in [1.82, 2.24) is 0 Å². The molecule has 25 heavy (non-hydrogen) atoms. The summed E-state index contributed by atoms with van der Waals surface area (Å²) in [6.45, 7) is 0. The lowest BCUT2D eigenvalue weighted by atomic mass is 9.99. The molecule has 2 aromatic rings. The Morgan fingerprint density at radius 3 is 2.24 bits per heavy atom. The molecule has 0 aliphatic rings. The maximum Gasteiger partial charge on any atom is 0.416 e. The highest BCUT2D eigenvalue weighted by Gasteiger charge is 2.34. The molecule has 0 fully saturated rings. The van der Waals surface area contributed by atoms with Crippen molar-refractivity contribution in [1.29, 1.82) is 0 Å². The number of nitrogens with zero attached hydrogens (tertiary/aromatic N) is 1. The van der Waals surface area contributed by atoms with Crippen molar-refractivity contribution in [3.63, 3.8) is 0 Å². The van der Waals surface area contributed by atoms with E-state index in [1.165, 1.54) is 6.08 Å². The second-order valence-electron chi connectivity index (χ2n) is 4.90. The minimum absolute atomic E-state index is 0.333. The molecule has 5 nitrogen and oxygen atoms in total. The second-order valence-corrected chi connectivity index (χ2v) is 6.15. The third-order valence-electron chi connectivity index (χ3n) is 3.22. The molecule has 2 rings (SSSR count). The Kier molecular flexibility index (Phi) is 5.45. The molecule has 0 bridgehead atoms. The van der Waals surface area contributed by atoms with Crippen LogP contribution in [0.4, 0.5) is 18.9 Å². The Labute approximate surface area is 153 Å². The zero-order chi connectivity index (χ0) is 18.8. The number of hydrogen-bond acceptors (Lipinski definition) is 3. The van der Waals surface area contributed by atoms with Crippen molar-refractivity contribution in [2.24, 2.45) is 0 Å². The van der Waals surface area contributed by atoms with Crippen LogP contribution in [-0.4, -0.2) is 16.0 Å². The fraction of sp³-hybridized carbons (Fsp3) is 0.0625. The quantitative estimate of drug-likeness (QED) is 0.231. The number of rotatable bonds is 4. The number of nitro benzene ring substituents is 1. The largest absolute Gasteiger partial charge is 0.478 e. The lowest BCUT2D eigenvalue weighted by Crippen LogP contribution is -2.08. The molecular formula is C16H9F3INO4. The van der Waals surface area contributed by atoms with E-state index in [1.807, 2.05) is 22.6 Å². The number of aliphatic carboxylic acids is 1. The molecule has 0 unspecified atom stereocenters. The van der Waals surface area contributed by atoms with Gasteiger partial charge in [-0.15, -0.1) is 0 Å². The molecule has 0 heterocycles. The van der Waals surface area contributed by atoms with Gasteiger partial charge in [0, 0.05) is 9.64 Å². The minimum atomic E-state index is -4.77. The van der Waals surface area contributed by atoms with Gasteiger partial charge in [0.05, 0.1) is 21.6 Å². The number of carbonyl (C=O) groups is 1. The molecule has 130 valence electrons. The van der Waals surface area contributed by atoms with E-state index in [2.05, 4.69) is 0 Å². The molecule has 9 heteroatoms. The van der Waals surface area contributed by atoms with Gasteiger partial charge in [-0.25, -0.2) is 4.79 Å². The second kappa shape index (κ2) is 7.21. The first-order valence-electron chi connectivity index (χ1n) is 6.66. The summed E-state index contributed by atoms with van der Waals surface area (Å²) in [5, 5.41) is 20.5. The summed E-state index contributed by atoms with van der Waals surface area (Å²) in [5.41, 5.74) is -2.56. The van der Waals surface area contributed by atoms with Gasteiger partial charge in [0.15, 0.2) is 0 Å². The summed E-state index contributed by atoms with van der Waals surface area (Å²) in [4.78, 5) is 21.6. The van der Waals surface area contributed by atoms with Gasteiger partial charge < -0.3 is 5.11 Å². The number of alkyl halides is 3. The van der Waals surface area contributed by atoms with Crippen LogP contribution in [0.25, 0.3) is 11.6 Å². The van der Waals surface area contributed by atoms with E-state index >= 15 is 0 Å². The third-order valence-corrected chi connectivity index (χ3v) is 3.94. The highest BCUT2D eigenvalue weighted by molar-refractivity contribution is 14.1. The van der Waals surface area contributed by atoms with E-state index in [9.17, 15) is 33.2 Å². The van der Waals surface area contributed by atoms with Crippen molar-refractivity contribution in [3.05, 3.63) is 72.8 Å². The van der Waals surface area contributed by atoms with Crippen molar-refractivity contribution < 1.29 is 28.0 Å². The topological polar surface area (TPSA) is 80.4 Å². The van der Waals surface area contributed by atoms with Crippen LogP contribution in [0, 0.1) is 13.7 Å². The molecule has 0 saturated carbocycles. The zero-order valence-electron chi connectivity index (χ0n) is 12.2. The van der Waals surface area contributed by atoms with Crippen LogP contribution in [0.5, 0.6) is 0 Å².